The van der Waals surface area contributed by atoms with Crippen LogP contribution in [0.1, 0.15) is 31.4 Å². The van der Waals surface area contributed by atoms with Crippen molar-refractivity contribution in [2.24, 2.45) is 11.7 Å². The maximum absolute atomic E-state index is 12.3. The Hall–Kier alpha value is -0.980. The van der Waals surface area contributed by atoms with E-state index in [2.05, 4.69) is 18.8 Å². The van der Waals surface area contributed by atoms with Gasteiger partial charge in [-0.2, -0.15) is 0 Å². The number of ether oxygens (including phenoxy) is 1. The van der Waals surface area contributed by atoms with Crippen LogP contribution in [0.3, 0.4) is 0 Å². The Morgan fingerprint density at radius 1 is 1.68 bits per heavy atom. The molecule has 0 bridgehead atoms. The Morgan fingerprint density at radius 3 is 3.11 bits per heavy atom. The first kappa shape index (κ1) is 14.4. The molecule has 1 unspecified atom stereocenters. The molecule has 1 saturated heterocycles. The van der Waals surface area contributed by atoms with Gasteiger partial charge in [0, 0.05) is 18.1 Å². The fraction of sp³-hybridized carbons (Fsp3) is 0.692. The molecule has 1 aromatic heterocycles. The van der Waals surface area contributed by atoms with Crippen LogP contribution in [0, 0.1) is 5.92 Å². The van der Waals surface area contributed by atoms with E-state index in [1.807, 2.05) is 10.3 Å². The van der Waals surface area contributed by atoms with Gasteiger partial charge in [-0.25, -0.2) is 4.98 Å². The molecule has 0 aromatic carbocycles. The first-order valence-electron chi connectivity index (χ1n) is 6.63. The fourth-order valence-electron chi connectivity index (χ4n) is 2.24. The zero-order valence-electron chi connectivity index (χ0n) is 11.4. The Kier molecular flexibility index (Phi) is 4.90. The second-order valence-electron chi connectivity index (χ2n) is 5.25. The van der Waals surface area contributed by atoms with E-state index in [-0.39, 0.29) is 12.0 Å². The van der Waals surface area contributed by atoms with Crippen molar-refractivity contribution < 1.29 is 9.53 Å². The average molecular weight is 283 g/mol. The molecule has 1 aliphatic heterocycles. The molecule has 6 heteroatoms. The summed E-state index contributed by atoms with van der Waals surface area (Å²) in [5, 5.41) is 2.85. The highest BCUT2D eigenvalue weighted by Gasteiger charge is 2.29. The second-order valence-corrected chi connectivity index (χ2v) is 6.18. The quantitative estimate of drug-likeness (QED) is 0.907. The second kappa shape index (κ2) is 6.45. The molecule has 106 valence electrons. The Morgan fingerprint density at radius 2 is 2.47 bits per heavy atom. The number of rotatable bonds is 4. The predicted molar refractivity (Wildman–Crippen MR) is 74.8 cm³/mol. The molecule has 2 heterocycles. The monoisotopic (exact) mass is 283 g/mol. The summed E-state index contributed by atoms with van der Waals surface area (Å²) in [6, 6.07) is -0.407. The molecule has 1 amide bonds. The van der Waals surface area contributed by atoms with E-state index in [0.717, 1.165) is 11.4 Å². The number of thiazole rings is 1. The summed E-state index contributed by atoms with van der Waals surface area (Å²) >= 11 is 1.56. The fourth-order valence-corrected chi connectivity index (χ4v) is 2.91. The minimum absolute atomic E-state index is 0.0264. The minimum Gasteiger partial charge on any atom is -0.367 e. The van der Waals surface area contributed by atoms with Crippen LogP contribution in [0.2, 0.25) is 0 Å². The van der Waals surface area contributed by atoms with Gasteiger partial charge in [-0.05, 0) is 12.3 Å². The first-order valence-corrected chi connectivity index (χ1v) is 7.51. The summed E-state index contributed by atoms with van der Waals surface area (Å²) in [4.78, 5) is 18.3. The van der Waals surface area contributed by atoms with Gasteiger partial charge in [0.15, 0.2) is 0 Å². The molecule has 1 aromatic rings. The van der Waals surface area contributed by atoms with E-state index in [1.165, 1.54) is 0 Å². The lowest BCUT2D eigenvalue weighted by Gasteiger charge is -2.33. The van der Waals surface area contributed by atoms with Crippen molar-refractivity contribution in [2.75, 3.05) is 19.7 Å². The van der Waals surface area contributed by atoms with Gasteiger partial charge in [0.05, 0.1) is 19.2 Å². The molecule has 2 N–H and O–H groups in total. The molecular formula is C13H21N3O2S. The Labute approximate surface area is 117 Å². The SMILES string of the molecule is CC(C)C[C@H](N)C(=O)N1CCOC(c2nccs2)C1. The molecule has 0 saturated carbocycles. The molecule has 19 heavy (non-hydrogen) atoms. The summed E-state index contributed by atoms with van der Waals surface area (Å²) in [6.45, 7) is 5.87. The van der Waals surface area contributed by atoms with Gasteiger partial charge < -0.3 is 15.4 Å². The zero-order valence-corrected chi connectivity index (χ0v) is 12.2. The molecule has 1 fully saturated rings. The van der Waals surface area contributed by atoms with Gasteiger partial charge in [-0.15, -0.1) is 11.3 Å². The van der Waals surface area contributed by atoms with Crippen LogP contribution in [0.5, 0.6) is 0 Å². The normalized spacial score (nSPS) is 21.7. The smallest absolute Gasteiger partial charge is 0.239 e. The van der Waals surface area contributed by atoms with Crippen LogP contribution in [-0.4, -0.2) is 41.5 Å². The molecule has 0 aliphatic carbocycles. The average Bonchev–Trinajstić information content (AvgIpc) is 2.91. The molecule has 0 radical (unpaired) electrons. The van der Waals surface area contributed by atoms with E-state index in [9.17, 15) is 4.79 Å². The first-order chi connectivity index (χ1) is 9.08. The van der Waals surface area contributed by atoms with Crippen molar-refractivity contribution in [2.45, 2.75) is 32.4 Å². The van der Waals surface area contributed by atoms with Crippen LogP contribution < -0.4 is 5.73 Å². The van der Waals surface area contributed by atoms with Crippen molar-refractivity contribution in [1.82, 2.24) is 9.88 Å². The number of carbonyl (C=O) groups is 1. The number of amides is 1. The summed E-state index contributed by atoms with van der Waals surface area (Å²) in [5.41, 5.74) is 5.97. The van der Waals surface area contributed by atoms with Gasteiger partial charge in [-0.3, -0.25) is 4.79 Å². The van der Waals surface area contributed by atoms with Crippen molar-refractivity contribution in [1.29, 1.82) is 0 Å². The largest absolute Gasteiger partial charge is 0.367 e. The van der Waals surface area contributed by atoms with Gasteiger partial charge in [0.2, 0.25) is 5.91 Å². The molecule has 1 aliphatic rings. The van der Waals surface area contributed by atoms with E-state index in [1.54, 1.807) is 17.5 Å². The van der Waals surface area contributed by atoms with Crippen molar-refractivity contribution in [3.8, 4) is 0 Å². The third kappa shape index (κ3) is 3.75. The van der Waals surface area contributed by atoms with Crippen molar-refractivity contribution in [3.05, 3.63) is 16.6 Å². The van der Waals surface area contributed by atoms with E-state index in [0.29, 0.717) is 25.6 Å². The molecule has 2 rings (SSSR count). The third-order valence-corrected chi connectivity index (χ3v) is 4.02. The van der Waals surface area contributed by atoms with Crippen molar-refractivity contribution in [3.63, 3.8) is 0 Å². The summed E-state index contributed by atoms with van der Waals surface area (Å²) in [6.07, 6.45) is 2.37. The zero-order chi connectivity index (χ0) is 13.8. The van der Waals surface area contributed by atoms with E-state index >= 15 is 0 Å². The summed E-state index contributed by atoms with van der Waals surface area (Å²) in [5.74, 6) is 0.452. The maximum atomic E-state index is 12.3. The Balaban J connectivity index is 1.95. The molecule has 5 nitrogen and oxygen atoms in total. The van der Waals surface area contributed by atoms with Gasteiger partial charge >= 0.3 is 0 Å². The number of nitrogens with two attached hydrogens (primary N) is 1. The van der Waals surface area contributed by atoms with Gasteiger partial charge in [-0.1, -0.05) is 13.8 Å². The lowest BCUT2D eigenvalue weighted by Crippen LogP contribution is -2.49. The van der Waals surface area contributed by atoms with E-state index < -0.39 is 6.04 Å². The van der Waals surface area contributed by atoms with Gasteiger partial charge in [0.1, 0.15) is 11.1 Å². The number of morpholine rings is 1. The van der Waals surface area contributed by atoms with Crippen LogP contribution in [0.25, 0.3) is 0 Å². The number of nitrogens with zero attached hydrogens (tertiary/aromatic N) is 2. The summed E-state index contributed by atoms with van der Waals surface area (Å²) < 4.78 is 5.68. The van der Waals surface area contributed by atoms with Crippen LogP contribution in [0.15, 0.2) is 11.6 Å². The van der Waals surface area contributed by atoms with E-state index in [4.69, 9.17) is 10.5 Å². The van der Waals surface area contributed by atoms with Crippen LogP contribution in [-0.2, 0) is 9.53 Å². The lowest BCUT2D eigenvalue weighted by atomic mass is 10.0. The third-order valence-electron chi connectivity index (χ3n) is 3.15. The number of aromatic nitrogens is 1. The number of hydrogen-bond donors (Lipinski definition) is 1. The predicted octanol–water partition coefficient (Wildman–Crippen LogP) is 1.42. The highest BCUT2D eigenvalue weighted by Crippen LogP contribution is 2.24. The van der Waals surface area contributed by atoms with Crippen LogP contribution >= 0.6 is 11.3 Å². The lowest BCUT2D eigenvalue weighted by molar-refractivity contribution is -0.140. The van der Waals surface area contributed by atoms with Crippen molar-refractivity contribution >= 4 is 17.2 Å². The highest BCUT2D eigenvalue weighted by molar-refractivity contribution is 7.09. The molecular weight excluding hydrogens is 262 g/mol. The Bertz CT molecular complexity index is 408. The molecule has 0 spiro atoms. The minimum atomic E-state index is -0.407. The molecule has 2 atom stereocenters. The summed E-state index contributed by atoms with van der Waals surface area (Å²) in [7, 11) is 0. The topological polar surface area (TPSA) is 68.5 Å². The highest BCUT2D eigenvalue weighted by atomic mass is 32.1. The number of hydrogen-bond acceptors (Lipinski definition) is 5. The standard InChI is InChI=1S/C13H21N3O2S/c1-9(2)7-10(14)13(17)16-4-5-18-11(8-16)12-15-3-6-19-12/h3,6,9-11H,4-5,7-8,14H2,1-2H3/t10-,11?/m0/s1. The van der Waals surface area contributed by atoms with Gasteiger partial charge in [0.25, 0.3) is 0 Å². The number of carbonyl (C=O) groups excluding carboxylic acids is 1. The maximum Gasteiger partial charge on any atom is 0.239 e. The van der Waals surface area contributed by atoms with Crippen LogP contribution in [0.4, 0.5) is 0 Å².